The highest BCUT2D eigenvalue weighted by Crippen LogP contribution is 2.31. The van der Waals surface area contributed by atoms with Gasteiger partial charge in [0.1, 0.15) is 4.21 Å². The van der Waals surface area contributed by atoms with Crippen LogP contribution in [0.15, 0.2) is 16.3 Å². The first-order chi connectivity index (χ1) is 8.27. The Morgan fingerprint density at radius 2 is 1.89 bits per heavy atom. The molecule has 0 radical (unpaired) electrons. The summed E-state index contributed by atoms with van der Waals surface area (Å²) in [7, 11) is -3.35. The third-order valence-corrected chi connectivity index (χ3v) is 5.89. The fourth-order valence-corrected chi connectivity index (χ4v) is 3.83. The predicted molar refractivity (Wildman–Crippen MR) is 76.8 cm³/mol. The lowest BCUT2D eigenvalue weighted by Gasteiger charge is -2.15. The van der Waals surface area contributed by atoms with Crippen molar-refractivity contribution in [2.24, 2.45) is 0 Å². The fraction of sp³-hybridized carbons (Fsp3) is 0.667. The van der Waals surface area contributed by atoms with Crippen molar-refractivity contribution >= 4 is 21.4 Å². The topological polar surface area (TPSA) is 58.2 Å². The molecule has 0 aliphatic heterocycles. The van der Waals surface area contributed by atoms with Gasteiger partial charge in [0.15, 0.2) is 0 Å². The van der Waals surface area contributed by atoms with E-state index in [0.29, 0.717) is 17.3 Å². The molecule has 2 N–H and O–H groups in total. The summed E-state index contributed by atoms with van der Waals surface area (Å²) < 4.78 is 27.0. The van der Waals surface area contributed by atoms with Crippen molar-refractivity contribution in [2.75, 3.05) is 19.6 Å². The summed E-state index contributed by atoms with van der Waals surface area (Å²) in [4.78, 5) is 1.08. The molecule has 4 nitrogen and oxygen atoms in total. The van der Waals surface area contributed by atoms with Gasteiger partial charge >= 0.3 is 0 Å². The number of hydrogen-bond donors (Lipinski definition) is 2. The average molecular weight is 290 g/mol. The van der Waals surface area contributed by atoms with Crippen LogP contribution in [0.5, 0.6) is 0 Å². The first kappa shape index (κ1) is 15.6. The molecule has 0 aliphatic rings. The van der Waals surface area contributed by atoms with E-state index in [1.807, 2.05) is 13.0 Å². The van der Waals surface area contributed by atoms with Gasteiger partial charge in [-0.15, -0.1) is 11.3 Å². The van der Waals surface area contributed by atoms with E-state index in [4.69, 9.17) is 0 Å². The van der Waals surface area contributed by atoms with Gasteiger partial charge in [-0.25, -0.2) is 13.1 Å². The largest absolute Gasteiger partial charge is 0.316 e. The fourth-order valence-electron chi connectivity index (χ4n) is 1.39. The lowest BCUT2D eigenvalue weighted by molar-refractivity contribution is 0.579. The Balaban J connectivity index is 2.71. The van der Waals surface area contributed by atoms with Crippen LogP contribution in [0.4, 0.5) is 0 Å². The van der Waals surface area contributed by atoms with Crippen LogP contribution < -0.4 is 10.0 Å². The number of sulfonamides is 1. The van der Waals surface area contributed by atoms with E-state index in [1.54, 1.807) is 6.07 Å². The average Bonchev–Trinajstić information content (AvgIpc) is 2.73. The third-order valence-electron chi connectivity index (χ3n) is 2.43. The molecule has 0 aliphatic carbocycles. The lowest BCUT2D eigenvalue weighted by atomic mass is 9.95. The van der Waals surface area contributed by atoms with E-state index < -0.39 is 10.0 Å². The molecule has 6 heteroatoms. The van der Waals surface area contributed by atoms with Crippen LogP contribution in [-0.4, -0.2) is 28.1 Å². The van der Waals surface area contributed by atoms with Crippen molar-refractivity contribution in [2.45, 2.75) is 37.3 Å². The number of hydrogen-bond acceptors (Lipinski definition) is 4. The second-order valence-corrected chi connectivity index (χ2v) is 8.20. The van der Waals surface area contributed by atoms with E-state index in [1.165, 1.54) is 11.3 Å². The lowest BCUT2D eigenvalue weighted by Crippen LogP contribution is -2.31. The molecule has 0 bridgehead atoms. The maximum Gasteiger partial charge on any atom is 0.250 e. The van der Waals surface area contributed by atoms with E-state index in [-0.39, 0.29) is 5.41 Å². The third kappa shape index (κ3) is 4.35. The molecule has 18 heavy (non-hydrogen) atoms. The summed E-state index contributed by atoms with van der Waals surface area (Å²) in [5, 5.41) is 3.08. The van der Waals surface area contributed by atoms with Crippen LogP contribution >= 0.6 is 11.3 Å². The van der Waals surface area contributed by atoms with E-state index in [2.05, 4.69) is 30.8 Å². The number of likely N-dealkylation sites (N-methyl/N-ethyl adjacent to an activating group) is 1. The maximum atomic E-state index is 12.0. The van der Waals surface area contributed by atoms with Crippen LogP contribution in [0.1, 0.15) is 32.6 Å². The van der Waals surface area contributed by atoms with E-state index in [0.717, 1.165) is 11.4 Å². The normalized spacial score (nSPS) is 12.9. The van der Waals surface area contributed by atoms with Crippen molar-refractivity contribution in [3.63, 3.8) is 0 Å². The number of nitrogens with one attached hydrogen (secondary N) is 2. The monoisotopic (exact) mass is 290 g/mol. The number of thiophene rings is 1. The van der Waals surface area contributed by atoms with Crippen molar-refractivity contribution < 1.29 is 8.42 Å². The first-order valence-corrected chi connectivity index (χ1v) is 8.38. The van der Waals surface area contributed by atoms with Gasteiger partial charge in [0, 0.05) is 18.0 Å². The second-order valence-electron chi connectivity index (χ2n) is 5.12. The minimum atomic E-state index is -3.35. The first-order valence-electron chi connectivity index (χ1n) is 6.08. The molecule has 0 saturated heterocycles. The molecule has 1 aromatic heterocycles. The Morgan fingerprint density at radius 3 is 2.39 bits per heavy atom. The van der Waals surface area contributed by atoms with Gasteiger partial charge in [-0.05, 0) is 24.1 Å². The minimum absolute atomic E-state index is 0.0117. The Bertz CT molecular complexity index is 473. The molecule has 0 saturated carbocycles. The number of rotatable bonds is 6. The van der Waals surface area contributed by atoms with Gasteiger partial charge in [-0.1, -0.05) is 27.7 Å². The summed E-state index contributed by atoms with van der Waals surface area (Å²) in [6, 6.07) is 3.57. The van der Waals surface area contributed by atoms with Crippen LogP contribution in [0.3, 0.4) is 0 Å². The van der Waals surface area contributed by atoms with E-state index >= 15 is 0 Å². The van der Waals surface area contributed by atoms with Crippen LogP contribution in [0.2, 0.25) is 0 Å². The zero-order chi connectivity index (χ0) is 13.8. The smallest absolute Gasteiger partial charge is 0.250 e. The molecule has 1 aromatic rings. The van der Waals surface area contributed by atoms with Gasteiger partial charge < -0.3 is 5.32 Å². The molecule has 0 fully saturated rings. The summed E-state index contributed by atoms with van der Waals surface area (Å²) >= 11 is 1.34. The quantitative estimate of drug-likeness (QED) is 0.787. The highest BCUT2D eigenvalue weighted by molar-refractivity contribution is 7.91. The Labute approximate surface area is 114 Å². The summed E-state index contributed by atoms with van der Waals surface area (Å²) in [6.45, 7) is 10.1. The van der Waals surface area contributed by atoms with Crippen LogP contribution in [0.25, 0.3) is 0 Å². The van der Waals surface area contributed by atoms with Crippen LogP contribution in [0, 0.1) is 0 Å². The highest BCUT2D eigenvalue weighted by Gasteiger charge is 2.21. The molecule has 0 unspecified atom stereocenters. The Morgan fingerprint density at radius 1 is 1.22 bits per heavy atom. The Hall–Kier alpha value is -0.430. The molecular formula is C12H22N2O2S2. The van der Waals surface area contributed by atoms with Gasteiger partial charge in [-0.3, -0.25) is 0 Å². The van der Waals surface area contributed by atoms with Crippen molar-refractivity contribution in [1.29, 1.82) is 0 Å². The standard InChI is InChI=1S/C12H22N2O2S2/c1-5-13-8-9-14-18(15,16)11-7-6-10(17-11)12(2,3)4/h6-7,13-14H,5,8-9H2,1-4H3. The molecule has 104 valence electrons. The zero-order valence-corrected chi connectivity index (χ0v) is 13.0. The van der Waals surface area contributed by atoms with Gasteiger partial charge in [0.2, 0.25) is 10.0 Å². The molecule has 0 aromatic carbocycles. The summed E-state index contributed by atoms with van der Waals surface area (Å²) in [5.74, 6) is 0. The highest BCUT2D eigenvalue weighted by atomic mass is 32.2. The zero-order valence-electron chi connectivity index (χ0n) is 11.4. The predicted octanol–water partition coefficient (Wildman–Crippen LogP) is 1.93. The Kier molecular flexibility index (Phi) is 5.33. The molecule has 0 spiro atoms. The van der Waals surface area contributed by atoms with E-state index in [9.17, 15) is 8.42 Å². The molecule has 0 amide bonds. The SMILES string of the molecule is CCNCCNS(=O)(=O)c1ccc(C(C)(C)C)s1. The molecule has 0 atom stereocenters. The second kappa shape index (κ2) is 6.14. The summed E-state index contributed by atoms with van der Waals surface area (Å²) in [6.07, 6.45) is 0. The van der Waals surface area contributed by atoms with Crippen LogP contribution in [-0.2, 0) is 15.4 Å². The molecular weight excluding hydrogens is 268 g/mol. The molecule has 1 heterocycles. The minimum Gasteiger partial charge on any atom is -0.316 e. The van der Waals surface area contributed by atoms with Crippen molar-refractivity contribution in [3.05, 3.63) is 17.0 Å². The van der Waals surface area contributed by atoms with Crippen molar-refractivity contribution in [1.82, 2.24) is 10.0 Å². The van der Waals surface area contributed by atoms with Gasteiger partial charge in [0.05, 0.1) is 0 Å². The van der Waals surface area contributed by atoms with Gasteiger partial charge in [0.25, 0.3) is 0 Å². The molecule has 1 rings (SSSR count). The summed E-state index contributed by atoms with van der Waals surface area (Å²) in [5.41, 5.74) is -0.0117. The van der Waals surface area contributed by atoms with Gasteiger partial charge in [-0.2, -0.15) is 0 Å². The van der Waals surface area contributed by atoms with Crippen molar-refractivity contribution in [3.8, 4) is 0 Å². The maximum absolute atomic E-state index is 12.0.